The normalized spacial score (nSPS) is 12.9. The Bertz CT molecular complexity index is 483. The van der Waals surface area contributed by atoms with Crippen molar-refractivity contribution in [2.24, 2.45) is 10.9 Å². The van der Waals surface area contributed by atoms with Crippen LogP contribution in [0.3, 0.4) is 0 Å². The molecule has 0 saturated heterocycles. The van der Waals surface area contributed by atoms with Crippen LogP contribution in [0, 0.1) is 19.1 Å². The molecule has 0 spiro atoms. The van der Waals surface area contributed by atoms with Crippen molar-refractivity contribution in [3.63, 3.8) is 0 Å². The maximum absolute atomic E-state index is 12.7. The molecule has 1 rings (SSSR count). The average Bonchev–Trinajstić information content (AvgIpc) is 2.23. The second-order valence-corrected chi connectivity index (χ2v) is 3.44. The van der Waals surface area contributed by atoms with Crippen LogP contribution in [0.5, 0.6) is 0 Å². The average molecular weight is 249 g/mol. The molecule has 0 saturated carbocycles. The largest absolute Gasteiger partial charge is 0.618 e. The molecule has 0 aliphatic carbocycles. The van der Waals surface area contributed by atoms with Gasteiger partial charge in [-0.25, -0.2) is 0 Å². The number of pyridine rings is 1. The van der Waals surface area contributed by atoms with Crippen LogP contribution in [0.25, 0.3) is 0 Å². The van der Waals surface area contributed by atoms with Gasteiger partial charge in [0.1, 0.15) is 5.56 Å². The van der Waals surface area contributed by atoms with Gasteiger partial charge >= 0.3 is 6.18 Å². The predicted octanol–water partition coefficient (Wildman–Crippen LogP) is 1.05. The summed E-state index contributed by atoms with van der Waals surface area (Å²) in [5.41, 5.74) is 3.06. The standard InChI is InChI=1S/C9H10F3N3O2/c1-4-3-6(9(10,11)12)7(8(13)14-16)5(2)15(4)17/h3,16H,1-2H3,(H2,13,14). The van der Waals surface area contributed by atoms with Crippen molar-refractivity contribution in [1.82, 2.24) is 0 Å². The lowest BCUT2D eigenvalue weighted by molar-refractivity contribution is -0.619. The molecule has 0 bridgehead atoms. The van der Waals surface area contributed by atoms with Crippen LogP contribution in [0.1, 0.15) is 22.5 Å². The van der Waals surface area contributed by atoms with Crippen molar-refractivity contribution in [3.05, 3.63) is 33.8 Å². The minimum absolute atomic E-state index is 0.121. The highest BCUT2D eigenvalue weighted by atomic mass is 19.4. The number of halogens is 3. The predicted molar refractivity (Wildman–Crippen MR) is 52.4 cm³/mol. The summed E-state index contributed by atoms with van der Waals surface area (Å²) in [4.78, 5) is 0. The van der Waals surface area contributed by atoms with Gasteiger partial charge in [-0.15, -0.1) is 0 Å². The summed E-state index contributed by atoms with van der Waals surface area (Å²) in [6.07, 6.45) is -4.69. The molecule has 0 aliphatic heterocycles. The van der Waals surface area contributed by atoms with E-state index in [0.717, 1.165) is 0 Å². The van der Waals surface area contributed by atoms with Gasteiger partial charge in [-0.1, -0.05) is 5.16 Å². The van der Waals surface area contributed by atoms with Crippen LogP contribution in [-0.4, -0.2) is 11.0 Å². The number of hydrogen-bond acceptors (Lipinski definition) is 3. The number of hydrogen-bond donors (Lipinski definition) is 2. The lowest BCUT2D eigenvalue weighted by Crippen LogP contribution is -2.39. The van der Waals surface area contributed by atoms with Crippen LogP contribution in [0.2, 0.25) is 0 Å². The van der Waals surface area contributed by atoms with Crippen LogP contribution in [0.4, 0.5) is 13.2 Å². The second kappa shape index (κ2) is 4.11. The molecule has 17 heavy (non-hydrogen) atoms. The molecule has 1 aromatic heterocycles. The van der Waals surface area contributed by atoms with Crippen LogP contribution >= 0.6 is 0 Å². The third-order valence-corrected chi connectivity index (χ3v) is 2.28. The SMILES string of the molecule is Cc1cc(C(F)(F)F)c(/C(N)=N\O)c(C)[n+]1[O-]. The summed E-state index contributed by atoms with van der Waals surface area (Å²) in [5, 5.41) is 22.4. The molecule has 3 N–H and O–H groups in total. The molecule has 94 valence electrons. The van der Waals surface area contributed by atoms with Crippen molar-refractivity contribution in [3.8, 4) is 0 Å². The summed E-state index contributed by atoms with van der Waals surface area (Å²) in [6, 6.07) is 0.660. The van der Waals surface area contributed by atoms with E-state index >= 15 is 0 Å². The Hall–Kier alpha value is -1.99. The van der Waals surface area contributed by atoms with Crippen molar-refractivity contribution < 1.29 is 23.1 Å². The van der Waals surface area contributed by atoms with Gasteiger partial charge in [-0.05, 0) is 0 Å². The number of nitrogens with two attached hydrogens (primary N) is 1. The van der Waals surface area contributed by atoms with Gasteiger partial charge in [0.25, 0.3) is 0 Å². The van der Waals surface area contributed by atoms with Gasteiger partial charge in [0.05, 0.1) is 5.56 Å². The van der Waals surface area contributed by atoms with E-state index in [2.05, 4.69) is 5.16 Å². The van der Waals surface area contributed by atoms with Crippen molar-refractivity contribution in [2.75, 3.05) is 0 Å². The fourth-order valence-electron chi connectivity index (χ4n) is 1.50. The van der Waals surface area contributed by atoms with Gasteiger partial charge in [0, 0.05) is 19.9 Å². The number of alkyl halides is 3. The van der Waals surface area contributed by atoms with E-state index in [1.54, 1.807) is 0 Å². The summed E-state index contributed by atoms with van der Waals surface area (Å²) < 4.78 is 38.5. The molecule has 0 aliphatic rings. The van der Waals surface area contributed by atoms with Gasteiger partial charge in [0.15, 0.2) is 11.5 Å². The molecule has 0 amide bonds. The van der Waals surface area contributed by atoms with Crippen LogP contribution < -0.4 is 10.5 Å². The van der Waals surface area contributed by atoms with E-state index in [0.29, 0.717) is 10.8 Å². The Morgan fingerprint density at radius 1 is 1.47 bits per heavy atom. The quantitative estimate of drug-likeness (QED) is 0.195. The lowest BCUT2D eigenvalue weighted by atomic mass is 10.0. The molecule has 0 unspecified atom stereocenters. The molecule has 0 atom stereocenters. The molecule has 0 aromatic carbocycles. The molecule has 5 nitrogen and oxygen atoms in total. The monoisotopic (exact) mass is 249 g/mol. The second-order valence-electron chi connectivity index (χ2n) is 3.44. The summed E-state index contributed by atoms with van der Waals surface area (Å²) >= 11 is 0. The molecular weight excluding hydrogens is 239 g/mol. The Labute approximate surface area is 94.5 Å². The number of aromatic nitrogens is 1. The minimum Gasteiger partial charge on any atom is -0.618 e. The first kappa shape index (κ1) is 13.1. The third-order valence-electron chi connectivity index (χ3n) is 2.28. The number of oxime groups is 1. The van der Waals surface area contributed by atoms with Gasteiger partial charge in [-0.2, -0.15) is 17.9 Å². The Morgan fingerprint density at radius 2 is 2.00 bits per heavy atom. The highest BCUT2D eigenvalue weighted by Crippen LogP contribution is 2.32. The molecule has 0 fully saturated rings. The zero-order valence-electron chi connectivity index (χ0n) is 9.04. The zero-order chi connectivity index (χ0) is 13.4. The molecular formula is C9H10F3N3O2. The van der Waals surface area contributed by atoms with Gasteiger partial charge < -0.3 is 16.1 Å². The van der Waals surface area contributed by atoms with Crippen molar-refractivity contribution in [1.29, 1.82) is 0 Å². The van der Waals surface area contributed by atoms with E-state index in [1.807, 2.05) is 0 Å². The van der Waals surface area contributed by atoms with Crippen LogP contribution in [0.15, 0.2) is 11.2 Å². The van der Waals surface area contributed by atoms with E-state index in [1.165, 1.54) is 13.8 Å². The minimum atomic E-state index is -4.69. The third kappa shape index (κ3) is 2.24. The zero-order valence-corrected chi connectivity index (χ0v) is 9.04. The van der Waals surface area contributed by atoms with Gasteiger partial charge in [-0.3, -0.25) is 0 Å². The summed E-state index contributed by atoms with van der Waals surface area (Å²) in [6.45, 7) is 2.41. The highest BCUT2D eigenvalue weighted by Gasteiger charge is 2.38. The Kier molecular flexibility index (Phi) is 3.16. The van der Waals surface area contributed by atoms with Crippen molar-refractivity contribution >= 4 is 5.84 Å². The molecule has 1 heterocycles. The smallest absolute Gasteiger partial charge is 0.417 e. The first-order chi connectivity index (χ1) is 7.70. The fraction of sp³-hybridized carbons (Fsp3) is 0.333. The number of nitrogens with zero attached hydrogens (tertiary/aromatic N) is 2. The van der Waals surface area contributed by atoms with E-state index in [-0.39, 0.29) is 11.4 Å². The molecule has 8 heteroatoms. The number of amidine groups is 1. The van der Waals surface area contributed by atoms with E-state index in [9.17, 15) is 18.4 Å². The number of rotatable bonds is 1. The Balaban J connectivity index is 3.71. The fourth-order valence-corrected chi connectivity index (χ4v) is 1.50. The van der Waals surface area contributed by atoms with E-state index in [4.69, 9.17) is 10.9 Å². The molecule has 1 aromatic rings. The summed E-state index contributed by atoms with van der Waals surface area (Å²) in [5.74, 6) is -0.751. The lowest BCUT2D eigenvalue weighted by Gasteiger charge is -2.15. The van der Waals surface area contributed by atoms with Crippen LogP contribution in [-0.2, 0) is 6.18 Å². The highest BCUT2D eigenvalue weighted by molar-refractivity contribution is 5.99. The molecule has 0 radical (unpaired) electrons. The first-order valence-corrected chi connectivity index (χ1v) is 4.49. The number of aryl methyl sites for hydroxylation is 1. The van der Waals surface area contributed by atoms with E-state index < -0.39 is 23.1 Å². The first-order valence-electron chi connectivity index (χ1n) is 4.49. The maximum atomic E-state index is 12.7. The van der Waals surface area contributed by atoms with Gasteiger partial charge in [0.2, 0.25) is 5.69 Å². The maximum Gasteiger partial charge on any atom is 0.417 e. The van der Waals surface area contributed by atoms with Crippen molar-refractivity contribution in [2.45, 2.75) is 20.0 Å². The topological polar surface area (TPSA) is 85.5 Å². The summed E-state index contributed by atoms with van der Waals surface area (Å²) in [7, 11) is 0. The Morgan fingerprint density at radius 3 is 2.41 bits per heavy atom.